The maximum Gasteiger partial charge on any atom is 0.330 e. The smallest absolute Gasteiger partial charge is 0.330 e. The lowest BCUT2D eigenvalue weighted by molar-refractivity contribution is 0.484. The van der Waals surface area contributed by atoms with Crippen LogP contribution in [0.2, 0.25) is 0 Å². The molecule has 0 spiro atoms. The highest BCUT2D eigenvalue weighted by Gasteiger charge is 2.11. The fraction of sp³-hybridized carbons (Fsp3) is 0.125. The maximum atomic E-state index is 12.5. The minimum atomic E-state index is -0.565. The summed E-state index contributed by atoms with van der Waals surface area (Å²) in [5.41, 5.74) is -0.875. The monoisotopic (exact) mass is 339 g/mol. The number of hydrogen-bond donors (Lipinski definition) is 2. The van der Waals surface area contributed by atoms with Gasteiger partial charge in [0.05, 0.1) is 25.6 Å². The number of hydrogen-bond acceptors (Lipinski definition) is 7. The normalized spacial score (nSPS) is 11.0. The van der Waals surface area contributed by atoms with Crippen LogP contribution in [0.15, 0.2) is 61.4 Å². The van der Waals surface area contributed by atoms with Crippen LogP contribution >= 0.6 is 0 Å². The summed E-state index contributed by atoms with van der Waals surface area (Å²) < 4.78 is 11.4. The Morgan fingerprint density at radius 1 is 1.12 bits per heavy atom. The van der Waals surface area contributed by atoms with Crippen molar-refractivity contribution in [2.24, 2.45) is 0 Å². The number of aromatic nitrogens is 4. The van der Waals surface area contributed by atoms with E-state index < -0.39 is 11.2 Å². The van der Waals surface area contributed by atoms with Gasteiger partial charge in [-0.1, -0.05) is 0 Å². The Morgan fingerprint density at radius 3 is 2.60 bits per heavy atom. The molecule has 0 aliphatic heterocycles. The molecule has 0 aliphatic rings. The number of nitrogens with one attached hydrogen (secondary N) is 2. The third-order valence-electron chi connectivity index (χ3n) is 3.63. The van der Waals surface area contributed by atoms with Crippen molar-refractivity contribution in [3.8, 4) is 0 Å². The van der Waals surface area contributed by atoms with Crippen molar-refractivity contribution in [3.05, 3.63) is 75.3 Å². The van der Waals surface area contributed by atoms with Gasteiger partial charge < -0.3 is 14.2 Å². The van der Waals surface area contributed by atoms with E-state index in [0.717, 1.165) is 4.57 Å². The third kappa shape index (κ3) is 2.94. The molecule has 0 unspecified atom stereocenters. The summed E-state index contributed by atoms with van der Waals surface area (Å²) in [6, 6.07) is 6.96. The summed E-state index contributed by atoms with van der Waals surface area (Å²) in [7, 11) is 0. The second-order valence-corrected chi connectivity index (χ2v) is 5.29. The van der Waals surface area contributed by atoms with Gasteiger partial charge in [0.2, 0.25) is 5.95 Å². The van der Waals surface area contributed by atoms with E-state index in [0.29, 0.717) is 18.1 Å². The molecule has 2 N–H and O–H groups in total. The van der Waals surface area contributed by atoms with Gasteiger partial charge in [-0.25, -0.2) is 9.78 Å². The molecule has 0 atom stereocenters. The Hall–Kier alpha value is -3.62. The zero-order valence-electron chi connectivity index (χ0n) is 12.9. The molecular formula is C16H13N5O4. The molecule has 4 heterocycles. The van der Waals surface area contributed by atoms with Gasteiger partial charge in [0.1, 0.15) is 16.9 Å². The quantitative estimate of drug-likeness (QED) is 0.563. The summed E-state index contributed by atoms with van der Waals surface area (Å²) in [4.78, 5) is 35.6. The van der Waals surface area contributed by atoms with Gasteiger partial charge in [0.15, 0.2) is 5.65 Å². The number of rotatable bonds is 5. The Balaban J connectivity index is 1.67. The lowest BCUT2D eigenvalue weighted by atomic mass is 10.4. The highest BCUT2D eigenvalue weighted by atomic mass is 16.3. The number of furan rings is 2. The van der Waals surface area contributed by atoms with Crippen LogP contribution in [-0.2, 0) is 13.1 Å². The second kappa shape index (κ2) is 6.11. The van der Waals surface area contributed by atoms with Crippen LogP contribution in [0.3, 0.4) is 0 Å². The average molecular weight is 339 g/mol. The predicted molar refractivity (Wildman–Crippen MR) is 88.3 cm³/mol. The molecule has 25 heavy (non-hydrogen) atoms. The van der Waals surface area contributed by atoms with Crippen LogP contribution in [0, 0.1) is 0 Å². The molecule has 4 rings (SSSR count). The van der Waals surface area contributed by atoms with E-state index >= 15 is 0 Å². The molecule has 0 aliphatic carbocycles. The number of anilines is 1. The third-order valence-corrected chi connectivity index (χ3v) is 3.63. The second-order valence-electron chi connectivity index (χ2n) is 5.29. The van der Waals surface area contributed by atoms with Crippen molar-refractivity contribution in [2.45, 2.75) is 13.1 Å². The topological polar surface area (TPSA) is 119 Å². The van der Waals surface area contributed by atoms with E-state index in [-0.39, 0.29) is 23.5 Å². The first-order valence-electron chi connectivity index (χ1n) is 7.49. The minimum Gasteiger partial charge on any atom is -0.467 e. The van der Waals surface area contributed by atoms with Crippen molar-refractivity contribution in [1.82, 2.24) is 19.5 Å². The Labute approximate surface area is 140 Å². The molecule has 0 aromatic carbocycles. The molecule has 0 amide bonds. The van der Waals surface area contributed by atoms with Crippen LogP contribution in [0.25, 0.3) is 11.0 Å². The molecule has 0 saturated carbocycles. The van der Waals surface area contributed by atoms with Crippen molar-refractivity contribution in [2.75, 3.05) is 5.32 Å². The zero-order valence-corrected chi connectivity index (χ0v) is 12.9. The van der Waals surface area contributed by atoms with Gasteiger partial charge in [-0.15, -0.1) is 0 Å². The first kappa shape index (κ1) is 14.9. The van der Waals surface area contributed by atoms with E-state index in [9.17, 15) is 9.59 Å². The molecule has 0 fully saturated rings. The molecule has 0 bridgehead atoms. The summed E-state index contributed by atoms with van der Waals surface area (Å²) in [6.45, 7) is 0.425. The lowest BCUT2D eigenvalue weighted by Crippen LogP contribution is -2.35. The molecule has 0 saturated heterocycles. The molecule has 9 heteroatoms. The molecule has 126 valence electrons. The number of nitrogens with zero attached hydrogens (tertiary/aromatic N) is 3. The van der Waals surface area contributed by atoms with E-state index in [4.69, 9.17) is 8.83 Å². The van der Waals surface area contributed by atoms with E-state index in [1.807, 2.05) is 6.07 Å². The zero-order chi connectivity index (χ0) is 17.2. The maximum absolute atomic E-state index is 12.5. The van der Waals surface area contributed by atoms with Crippen molar-refractivity contribution in [3.63, 3.8) is 0 Å². The average Bonchev–Trinajstić information content (AvgIpc) is 3.30. The standard InChI is InChI=1S/C16H13N5O4/c22-14-12-8-18-15(17-7-10-3-1-5-24-10)19-13(12)20-16(23)21(14)9-11-4-2-6-25-11/h1-6,8H,7,9H2,(H2,17,18,19,20,23). The first-order valence-corrected chi connectivity index (χ1v) is 7.49. The fourth-order valence-electron chi connectivity index (χ4n) is 2.41. The van der Waals surface area contributed by atoms with E-state index in [2.05, 4.69) is 20.3 Å². The van der Waals surface area contributed by atoms with Crippen LogP contribution < -0.4 is 16.6 Å². The predicted octanol–water partition coefficient (Wildman–Crippen LogP) is 1.33. The summed E-state index contributed by atoms with van der Waals surface area (Å²) >= 11 is 0. The molecule has 4 aromatic heterocycles. The van der Waals surface area contributed by atoms with Crippen LogP contribution in [0.5, 0.6) is 0 Å². The highest BCUT2D eigenvalue weighted by Crippen LogP contribution is 2.08. The van der Waals surface area contributed by atoms with Gasteiger partial charge in [-0.3, -0.25) is 14.3 Å². The van der Waals surface area contributed by atoms with Crippen LogP contribution in [0.4, 0.5) is 5.95 Å². The van der Waals surface area contributed by atoms with Crippen molar-refractivity contribution < 1.29 is 8.83 Å². The van der Waals surface area contributed by atoms with E-state index in [1.165, 1.54) is 12.5 Å². The summed E-state index contributed by atoms with van der Waals surface area (Å²) in [5.74, 6) is 1.50. The van der Waals surface area contributed by atoms with Gasteiger partial charge in [0.25, 0.3) is 5.56 Å². The van der Waals surface area contributed by atoms with Crippen LogP contribution in [0.1, 0.15) is 11.5 Å². The molecular weight excluding hydrogens is 326 g/mol. The Morgan fingerprint density at radius 2 is 1.88 bits per heavy atom. The van der Waals surface area contributed by atoms with Gasteiger partial charge >= 0.3 is 5.69 Å². The Kier molecular flexibility index (Phi) is 3.65. The summed E-state index contributed by atoms with van der Waals surface area (Å²) in [5, 5.41) is 3.18. The van der Waals surface area contributed by atoms with E-state index in [1.54, 1.807) is 24.5 Å². The molecule has 9 nitrogen and oxygen atoms in total. The SMILES string of the molecule is O=c1[nH]c2nc(NCc3ccco3)ncc2c(=O)n1Cc1ccco1. The van der Waals surface area contributed by atoms with Crippen LogP contribution in [-0.4, -0.2) is 19.5 Å². The highest BCUT2D eigenvalue weighted by molar-refractivity contribution is 5.73. The van der Waals surface area contributed by atoms with Crippen molar-refractivity contribution in [1.29, 1.82) is 0 Å². The largest absolute Gasteiger partial charge is 0.467 e. The van der Waals surface area contributed by atoms with Gasteiger partial charge in [-0.2, -0.15) is 4.98 Å². The first-order chi connectivity index (χ1) is 12.2. The van der Waals surface area contributed by atoms with Gasteiger partial charge in [-0.05, 0) is 24.3 Å². The van der Waals surface area contributed by atoms with Gasteiger partial charge in [0, 0.05) is 6.20 Å². The molecule has 4 aromatic rings. The number of fused-ring (bicyclic) bond motifs is 1. The Bertz CT molecular complexity index is 1110. The molecule has 0 radical (unpaired) electrons. The lowest BCUT2D eigenvalue weighted by Gasteiger charge is -2.06. The van der Waals surface area contributed by atoms with Crippen molar-refractivity contribution >= 4 is 17.0 Å². The number of H-pyrrole nitrogens is 1. The minimum absolute atomic E-state index is 0.0373. The summed E-state index contributed by atoms with van der Waals surface area (Å²) in [6.07, 6.45) is 4.43. The number of aromatic amines is 1. The fourth-order valence-corrected chi connectivity index (χ4v) is 2.41.